The van der Waals surface area contributed by atoms with Crippen molar-refractivity contribution < 1.29 is 14.4 Å². The maximum Gasteiger partial charge on any atom is 0.292 e. The molecular formula is C15H15FN2O3. The van der Waals surface area contributed by atoms with E-state index in [2.05, 4.69) is 5.32 Å². The lowest BCUT2D eigenvalue weighted by atomic mass is 10.1. The van der Waals surface area contributed by atoms with Gasteiger partial charge in [-0.15, -0.1) is 0 Å². The molecule has 2 aromatic rings. The second kappa shape index (κ2) is 5.78. The molecule has 0 aliphatic rings. The molecule has 0 spiro atoms. The minimum absolute atomic E-state index is 0.0385. The fourth-order valence-electron chi connectivity index (χ4n) is 2.11. The van der Waals surface area contributed by atoms with Crippen LogP contribution < -0.4 is 5.32 Å². The molecule has 0 radical (unpaired) electrons. The van der Waals surface area contributed by atoms with Crippen LogP contribution in [-0.4, -0.2) is 10.0 Å². The first kappa shape index (κ1) is 14.8. The Morgan fingerprint density at radius 2 is 2.00 bits per heavy atom. The molecule has 0 heterocycles. The first-order valence-corrected chi connectivity index (χ1v) is 6.38. The summed E-state index contributed by atoms with van der Waals surface area (Å²) in [4.78, 5) is 10.6. The molecule has 5 nitrogen and oxygen atoms in total. The summed E-state index contributed by atoms with van der Waals surface area (Å²) in [5.74, 6) is -0.727. The summed E-state index contributed by atoms with van der Waals surface area (Å²) in [5.41, 5.74) is 1.56. The lowest BCUT2D eigenvalue weighted by Crippen LogP contribution is -2.09. The second-order valence-electron chi connectivity index (χ2n) is 4.85. The average molecular weight is 290 g/mol. The van der Waals surface area contributed by atoms with Crippen molar-refractivity contribution >= 4 is 11.4 Å². The van der Waals surface area contributed by atoms with E-state index in [4.69, 9.17) is 0 Å². The van der Waals surface area contributed by atoms with E-state index in [-0.39, 0.29) is 11.4 Å². The zero-order chi connectivity index (χ0) is 15.6. The number of rotatable bonds is 4. The van der Waals surface area contributed by atoms with Gasteiger partial charge in [-0.1, -0.05) is 12.1 Å². The highest BCUT2D eigenvalue weighted by Gasteiger charge is 2.18. The molecule has 21 heavy (non-hydrogen) atoms. The van der Waals surface area contributed by atoms with E-state index in [0.717, 1.165) is 11.6 Å². The number of halogens is 1. The van der Waals surface area contributed by atoms with Crippen LogP contribution in [0.5, 0.6) is 5.75 Å². The number of nitrogens with one attached hydrogen (secondary N) is 1. The van der Waals surface area contributed by atoms with E-state index in [9.17, 15) is 19.6 Å². The quantitative estimate of drug-likeness (QED) is 0.661. The lowest BCUT2D eigenvalue weighted by Gasteiger charge is -2.17. The van der Waals surface area contributed by atoms with Crippen LogP contribution in [0.3, 0.4) is 0 Å². The van der Waals surface area contributed by atoms with Crippen LogP contribution in [-0.2, 0) is 0 Å². The van der Waals surface area contributed by atoms with Crippen LogP contribution in [0.4, 0.5) is 15.8 Å². The van der Waals surface area contributed by atoms with Gasteiger partial charge in [-0.2, -0.15) is 0 Å². The van der Waals surface area contributed by atoms with Gasteiger partial charge in [0.15, 0.2) is 0 Å². The summed E-state index contributed by atoms with van der Waals surface area (Å²) < 4.78 is 13.0. The highest BCUT2D eigenvalue weighted by Crippen LogP contribution is 2.32. The molecule has 110 valence electrons. The number of anilines is 1. The summed E-state index contributed by atoms with van der Waals surface area (Å²) in [6.45, 7) is 3.50. The highest BCUT2D eigenvalue weighted by molar-refractivity contribution is 5.63. The number of aryl methyl sites for hydroxylation is 1. The smallest absolute Gasteiger partial charge is 0.292 e. The van der Waals surface area contributed by atoms with Crippen LogP contribution >= 0.6 is 0 Å². The van der Waals surface area contributed by atoms with E-state index >= 15 is 0 Å². The van der Waals surface area contributed by atoms with E-state index in [0.29, 0.717) is 11.3 Å². The van der Waals surface area contributed by atoms with Crippen LogP contribution in [0.15, 0.2) is 36.4 Å². The molecular weight excluding hydrogens is 275 g/mol. The zero-order valence-electron chi connectivity index (χ0n) is 11.6. The van der Waals surface area contributed by atoms with E-state index in [1.807, 2.05) is 0 Å². The molecule has 6 heteroatoms. The third kappa shape index (κ3) is 3.28. The van der Waals surface area contributed by atoms with Crippen LogP contribution in [0.2, 0.25) is 0 Å². The maximum absolute atomic E-state index is 13.0. The number of benzene rings is 2. The third-order valence-corrected chi connectivity index (χ3v) is 3.18. The molecule has 0 aromatic heterocycles. The Morgan fingerprint density at radius 3 is 2.62 bits per heavy atom. The summed E-state index contributed by atoms with van der Waals surface area (Å²) in [6.07, 6.45) is 0. The number of nitro benzene ring substituents is 1. The van der Waals surface area contributed by atoms with Gasteiger partial charge in [0.2, 0.25) is 0 Å². The Balaban J connectivity index is 2.31. The molecule has 0 bridgehead atoms. The van der Waals surface area contributed by atoms with E-state index in [1.54, 1.807) is 26.0 Å². The van der Waals surface area contributed by atoms with Crippen molar-refractivity contribution in [2.75, 3.05) is 5.32 Å². The topological polar surface area (TPSA) is 75.4 Å². The Hall–Kier alpha value is -2.63. The van der Waals surface area contributed by atoms with E-state index < -0.39 is 16.8 Å². The Bertz CT molecular complexity index is 689. The minimum Gasteiger partial charge on any atom is -0.507 e. The second-order valence-corrected chi connectivity index (χ2v) is 4.85. The number of aromatic hydroxyl groups is 1. The molecule has 0 aliphatic heterocycles. The number of hydrogen-bond donors (Lipinski definition) is 2. The predicted molar refractivity (Wildman–Crippen MR) is 77.9 cm³/mol. The molecule has 0 saturated heterocycles. The molecule has 0 aliphatic carbocycles. The summed E-state index contributed by atoms with van der Waals surface area (Å²) in [5, 5.41) is 23.8. The van der Waals surface area contributed by atoms with Crippen molar-refractivity contribution in [3.05, 3.63) is 63.5 Å². The van der Waals surface area contributed by atoms with Crippen molar-refractivity contribution in [2.45, 2.75) is 19.9 Å². The predicted octanol–water partition coefficient (Wildman–Crippen LogP) is 3.92. The number of nitro groups is 1. The fraction of sp³-hybridized carbons (Fsp3) is 0.200. The normalized spacial score (nSPS) is 12.0. The van der Waals surface area contributed by atoms with Gasteiger partial charge in [0.1, 0.15) is 17.3 Å². The molecule has 1 unspecified atom stereocenters. The molecule has 2 N–H and O–H groups in total. The molecule has 1 atom stereocenters. The number of hydrogen-bond acceptors (Lipinski definition) is 4. The van der Waals surface area contributed by atoms with Crippen molar-refractivity contribution in [2.24, 2.45) is 0 Å². The molecule has 2 aromatic carbocycles. The van der Waals surface area contributed by atoms with Gasteiger partial charge >= 0.3 is 0 Å². The fourth-order valence-corrected chi connectivity index (χ4v) is 2.11. The van der Waals surface area contributed by atoms with Gasteiger partial charge in [-0.25, -0.2) is 4.39 Å². The SMILES string of the molecule is Cc1ccc(NC(C)c2ccc(F)cc2O)c([N+](=O)[O-])c1. The first-order valence-electron chi connectivity index (χ1n) is 6.38. The molecule has 0 amide bonds. The average Bonchev–Trinajstić information content (AvgIpc) is 2.40. The van der Waals surface area contributed by atoms with Gasteiger partial charge in [-0.05, 0) is 31.5 Å². The van der Waals surface area contributed by atoms with Crippen LogP contribution in [0.25, 0.3) is 0 Å². The summed E-state index contributed by atoms with van der Waals surface area (Å²) >= 11 is 0. The zero-order valence-corrected chi connectivity index (χ0v) is 11.6. The monoisotopic (exact) mass is 290 g/mol. The lowest BCUT2D eigenvalue weighted by molar-refractivity contribution is -0.384. The van der Waals surface area contributed by atoms with Gasteiger partial charge < -0.3 is 10.4 Å². The summed E-state index contributed by atoms with van der Waals surface area (Å²) in [7, 11) is 0. The Morgan fingerprint density at radius 1 is 1.29 bits per heavy atom. The van der Waals surface area contributed by atoms with Crippen molar-refractivity contribution in [3.63, 3.8) is 0 Å². The molecule has 0 fully saturated rings. The number of phenols is 1. The third-order valence-electron chi connectivity index (χ3n) is 3.18. The minimum atomic E-state index is -0.537. The standard InChI is InChI=1S/C15H15FN2O3/c1-9-3-6-13(14(7-9)18(20)21)17-10(2)12-5-4-11(16)8-15(12)19/h3-8,10,17,19H,1-2H3. The van der Waals surface area contributed by atoms with Gasteiger partial charge in [-0.3, -0.25) is 10.1 Å². The van der Waals surface area contributed by atoms with Gasteiger partial charge in [0.25, 0.3) is 5.69 Å². The molecule has 2 rings (SSSR count). The van der Waals surface area contributed by atoms with Crippen molar-refractivity contribution in [1.82, 2.24) is 0 Å². The maximum atomic E-state index is 13.0. The van der Waals surface area contributed by atoms with E-state index in [1.165, 1.54) is 18.2 Å². The molecule has 0 saturated carbocycles. The highest BCUT2D eigenvalue weighted by atomic mass is 19.1. The van der Waals surface area contributed by atoms with Crippen molar-refractivity contribution in [1.29, 1.82) is 0 Å². The summed E-state index contributed by atoms with van der Waals surface area (Å²) in [6, 6.07) is 8.12. The number of phenolic OH excluding ortho intramolecular Hbond substituents is 1. The Labute approximate surface area is 121 Å². The largest absolute Gasteiger partial charge is 0.507 e. The number of nitrogens with zero attached hydrogens (tertiary/aromatic N) is 1. The Kier molecular flexibility index (Phi) is 4.07. The van der Waals surface area contributed by atoms with Crippen LogP contribution in [0.1, 0.15) is 24.1 Å². The van der Waals surface area contributed by atoms with Crippen molar-refractivity contribution in [3.8, 4) is 5.75 Å². The van der Waals surface area contributed by atoms with Gasteiger partial charge in [0, 0.05) is 17.7 Å². The first-order chi connectivity index (χ1) is 9.88. The van der Waals surface area contributed by atoms with Crippen LogP contribution in [0, 0.1) is 22.9 Å². The van der Waals surface area contributed by atoms with Gasteiger partial charge in [0.05, 0.1) is 11.0 Å².